The van der Waals surface area contributed by atoms with Crippen LogP contribution in [-0.4, -0.2) is 16.9 Å². The minimum atomic E-state index is -0.788. The van der Waals surface area contributed by atoms with E-state index in [1.807, 2.05) is 30.3 Å². The molecule has 138 valence electrons. The molecule has 3 aromatic rings. The van der Waals surface area contributed by atoms with Gasteiger partial charge >= 0.3 is 0 Å². The second-order valence-electron chi connectivity index (χ2n) is 5.82. The highest BCUT2D eigenvalue weighted by Crippen LogP contribution is 2.28. The van der Waals surface area contributed by atoms with Gasteiger partial charge in [0.25, 0.3) is 11.6 Å². The molecule has 1 atom stereocenters. The Balaban J connectivity index is 1.70. The molecule has 1 amide bonds. The first-order valence-corrected chi connectivity index (χ1v) is 9.11. The van der Waals surface area contributed by atoms with Crippen LogP contribution in [-0.2, 0) is 4.79 Å². The van der Waals surface area contributed by atoms with Crippen LogP contribution in [0.4, 0.5) is 11.4 Å². The van der Waals surface area contributed by atoms with Crippen LogP contribution in [0.15, 0.2) is 59.1 Å². The highest BCUT2D eigenvalue weighted by molar-refractivity contribution is 9.10. The summed E-state index contributed by atoms with van der Waals surface area (Å²) in [4.78, 5) is 22.6. The summed E-state index contributed by atoms with van der Waals surface area (Å²) in [6.07, 6.45) is -0.788. The number of hydrogen-bond donors (Lipinski definition) is 1. The zero-order valence-corrected chi connectivity index (χ0v) is 16.5. The second-order valence-corrected chi connectivity index (χ2v) is 7.15. The zero-order valence-electron chi connectivity index (χ0n) is 14.1. The van der Waals surface area contributed by atoms with Gasteiger partial charge in [-0.1, -0.05) is 39.7 Å². The Morgan fingerprint density at radius 3 is 2.56 bits per heavy atom. The maximum atomic E-state index is 12.4. The number of anilines is 1. The highest BCUT2D eigenvalue weighted by Gasteiger charge is 2.17. The van der Waals surface area contributed by atoms with Crippen LogP contribution in [0.25, 0.3) is 10.8 Å². The zero-order chi connectivity index (χ0) is 19.6. The minimum Gasteiger partial charge on any atom is -0.481 e. The van der Waals surface area contributed by atoms with Crippen LogP contribution < -0.4 is 10.1 Å². The molecule has 0 aliphatic carbocycles. The molecule has 0 aliphatic rings. The molecular weight excluding hydrogens is 436 g/mol. The lowest BCUT2D eigenvalue weighted by atomic mass is 10.1. The van der Waals surface area contributed by atoms with Gasteiger partial charge in [0.2, 0.25) is 0 Å². The summed E-state index contributed by atoms with van der Waals surface area (Å²) in [5.74, 6) is 0.143. The SMILES string of the molecule is CC(Oc1ccc2cc(Br)ccc2c1)C(=O)Nc1ccc([N+](=O)[O-])cc1Cl. The van der Waals surface area contributed by atoms with E-state index < -0.39 is 16.9 Å². The van der Waals surface area contributed by atoms with Crippen LogP contribution in [0.2, 0.25) is 5.02 Å². The van der Waals surface area contributed by atoms with E-state index in [0.29, 0.717) is 5.75 Å². The largest absolute Gasteiger partial charge is 0.481 e. The summed E-state index contributed by atoms with van der Waals surface area (Å²) in [7, 11) is 0. The van der Waals surface area contributed by atoms with E-state index in [1.54, 1.807) is 13.0 Å². The highest BCUT2D eigenvalue weighted by atomic mass is 79.9. The Hall–Kier alpha value is -2.64. The molecule has 0 aliphatic heterocycles. The van der Waals surface area contributed by atoms with Crippen molar-refractivity contribution in [1.82, 2.24) is 0 Å². The first-order valence-electron chi connectivity index (χ1n) is 7.94. The predicted octanol–water partition coefficient (Wildman–Crippen LogP) is 5.57. The van der Waals surface area contributed by atoms with Crippen molar-refractivity contribution >= 4 is 55.6 Å². The number of nitrogens with one attached hydrogen (secondary N) is 1. The van der Waals surface area contributed by atoms with E-state index in [4.69, 9.17) is 16.3 Å². The number of fused-ring (bicyclic) bond motifs is 1. The van der Waals surface area contributed by atoms with Gasteiger partial charge in [0, 0.05) is 16.6 Å². The van der Waals surface area contributed by atoms with Crippen molar-refractivity contribution in [3.63, 3.8) is 0 Å². The Labute approximate surface area is 168 Å². The van der Waals surface area contributed by atoms with Gasteiger partial charge in [0.15, 0.2) is 6.10 Å². The number of benzene rings is 3. The molecule has 0 bridgehead atoms. The van der Waals surface area contributed by atoms with E-state index in [0.717, 1.165) is 15.2 Å². The second kappa shape index (κ2) is 7.94. The lowest BCUT2D eigenvalue weighted by Crippen LogP contribution is -2.30. The third-order valence-electron chi connectivity index (χ3n) is 3.88. The van der Waals surface area contributed by atoms with Crippen molar-refractivity contribution in [3.8, 4) is 5.75 Å². The molecule has 6 nitrogen and oxygen atoms in total. The van der Waals surface area contributed by atoms with Crippen LogP contribution in [0.1, 0.15) is 6.92 Å². The quantitative estimate of drug-likeness (QED) is 0.408. The molecule has 3 aromatic carbocycles. The van der Waals surface area contributed by atoms with Gasteiger partial charge < -0.3 is 10.1 Å². The Bertz CT molecular complexity index is 1040. The van der Waals surface area contributed by atoms with Gasteiger partial charge in [0.1, 0.15) is 5.75 Å². The summed E-state index contributed by atoms with van der Waals surface area (Å²) < 4.78 is 6.70. The van der Waals surface area contributed by atoms with Gasteiger partial charge in [-0.05, 0) is 48.0 Å². The molecule has 1 N–H and O–H groups in total. The number of carbonyl (C=O) groups is 1. The summed E-state index contributed by atoms with van der Waals surface area (Å²) in [6, 6.07) is 15.3. The number of hydrogen-bond acceptors (Lipinski definition) is 4. The van der Waals surface area contributed by atoms with Crippen molar-refractivity contribution in [2.24, 2.45) is 0 Å². The number of non-ortho nitro benzene ring substituents is 1. The lowest BCUT2D eigenvalue weighted by Gasteiger charge is -2.16. The van der Waals surface area contributed by atoms with Crippen molar-refractivity contribution in [2.75, 3.05) is 5.32 Å². The Kier molecular flexibility index (Phi) is 5.62. The van der Waals surface area contributed by atoms with Crippen LogP contribution in [0.3, 0.4) is 0 Å². The Morgan fingerprint density at radius 2 is 1.85 bits per heavy atom. The molecule has 0 spiro atoms. The van der Waals surface area contributed by atoms with E-state index in [-0.39, 0.29) is 16.4 Å². The van der Waals surface area contributed by atoms with Crippen molar-refractivity contribution < 1.29 is 14.5 Å². The molecule has 1 unspecified atom stereocenters. The van der Waals surface area contributed by atoms with Crippen LogP contribution in [0.5, 0.6) is 5.75 Å². The molecule has 3 rings (SSSR count). The topological polar surface area (TPSA) is 81.5 Å². The van der Waals surface area contributed by atoms with E-state index in [9.17, 15) is 14.9 Å². The smallest absolute Gasteiger partial charge is 0.271 e. The van der Waals surface area contributed by atoms with Gasteiger partial charge in [-0.15, -0.1) is 0 Å². The Morgan fingerprint density at radius 1 is 1.15 bits per heavy atom. The number of amides is 1. The fraction of sp³-hybridized carbons (Fsp3) is 0.105. The molecule has 0 fully saturated rings. The first-order chi connectivity index (χ1) is 12.8. The van der Waals surface area contributed by atoms with E-state index in [1.165, 1.54) is 18.2 Å². The standard InChI is InChI=1S/C19H14BrClN2O4/c1-11(19(24)22-18-7-5-15(23(25)26)10-17(18)21)27-16-6-3-12-8-14(20)4-2-13(12)9-16/h2-11H,1H3,(H,22,24). The number of rotatable bonds is 5. The maximum Gasteiger partial charge on any atom is 0.271 e. The molecular formula is C19H14BrClN2O4. The average molecular weight is 450 g/mol. The van der Waals surface area contributed by atoms with Crippen molar-refractivity contribution in [3.05, 3.63) is 74.2 Å². The third-order valence-corrected chi connectivity index (χ3v) is 4.68. The lowest BCUT2D eigenvalue weighted by molar-refractivity contribution is -0.384. The van der Waals surface area contributed by atoms with Gasteiger partial charge in [0.05, 0.1) is 15.6 Å². The molecule has 8 heteroatoms. The van der Waals surface area contributed by atoms with Crippen molar-refractivity contribution in [2.45, 2.75) is 13.0 Å². The summed E-state index contributed by atoms with van der Waals surface area (Å²) in [5, 5.41) is 15.5. The average Bonchev–Trinajstić information content (AvgIpc) is 2.63. The summed E-state index contributed by atoms with van der Waals surface area (Å²) in [5.41, 5.74) is 0.135. The number of ether oxygens (including phenoxy) is 1. The summed E-state index contributed by atoms with van der Waals surface area (Å²) in [6.45, 7) is 1.61. The number of nitro groups is 1. The fourth-order valence-corrected chi connectivity index (χ4v) is 3.08. The molecule has 0 saturated heterocycles. The van der Waals surface area contributed by atoms with Gasteiger partial charge in [-0.25, -0.2) is 0 Å². The fourth-order valence-electron chi connectivity index (χ4n) is 2.48. The monoisotopic (exact) mass is 448 g/mol. The first kappa shape index (κ1) is 19.1. The molecule has 0 aromatic heterocycles. The number of carbonyl (C=O) groups excluding carboxylic acids is 1. The van der Waals surface area contributed by atoms with Crippen LogP contribution >= 0.6 is 27.5 Å². The molecule has 27 heavy (non-hydrogen) atoms. The third kappa shape index (κ3) is 4.56. The molecule has 0 saturated carbocycles. The van der Waals surface area contributed by atoms with Crippen molar-refractivity contribution in [1.29, 1.82) is 0 Å². The van der Waals surface area contributed by atoms with Crippen LogP contribution in [0, 0.1) is 10.1 Å². The number of nitro benzene ring substituents is 1. The van der Waals surface area contributed by atoms with E-state index in [2.05, 4.69) is 21.2 Å². The molecule has 0 radical (unpaired) electrons. The van der Waals surface area contributed by atoms with E-state index >= 15 is 0 Å². The maximum absolute atomic E-state index is 12.4. The normalized spacial score (nSPS) is 11.8. The number of nitrogens with zero attached hydrogens (tertiary/aromatic N) is 1. The van der Waals surface area contributed by atoms with Gasteiger partial charge in [-0.2, -0.15) is 0 Å². The minimum absolute atomic E-state index is 0.0843. The number of halogens is 2. The predicted molar refractivity (Wildman–Crippen MR) is 108 cm³/mol. The van der Waals surface area contributed by atoms with Gasteiger partial charge in [-0.3, -0.25) is 14.9 Å². The summed E-state index contributed by atoms with van der Waals surface area (Å²) >= 11 is 9.42. The molecule has 0 heterocycles.